The summed E-state index contributed by atoms with van der Waals surface area (Å²) in [7, 11) is 1.62. The summed E-state index contributed by atoms with van der Waals surface area (Å²) in [5, 5.41) is 0. The molecule has 20 heavy (non-hydrogen) atoms. The van der Waals surface area contributed by atoms with Crippen molar-refractivity contribution < 1.29 is 14.3 Å². The first-order valence-electron chi connectivity index (χ1n) is 7.67. The monoisotopic (exact) mass is 282 g/mol. The Kier molecular flexibility index (Phi) is 5.40. The van der Waals surface area contributed by atoms with Gasteiger partial charge >= 0.3 is 0 Å². The number of rotatable bonds is 3. The minimum absolute atomic E-state index is 0.182. The summed E-state index contributed by atoms with van der Waals surface area (Å²) in [6.45, 7) is 4.61. The number of methoxy groups -OCH3 is 1. The van der Waals surface area contributed by atoms with Gasteiger partial charge in [-0.15, -0.1) is 0 Å². The fourth-order valence-electron chi connectivity index (χ4n) is 3.53. The lowest BCUT2D eigenvalue weighted by Gasteiger charge is -2.42. The van der Waals surface area contributed by atoms with Crippen LogP contribution in [0.15, 0.2) is 0 Å². The van der Waals surface area contributed by atoms with E-state index in [9.17, 15) is 9.59 Å². The fraction of sp³-hybridized carbons (Fsp3) is 0.867. The molecule has 0 bridgehead atoms. The summed E-state index contributed by atoms with van der Waals surface area (Å²) in [4.78, 5) is 27.9. The van der Waals surface area contributed by atoms with Gasteiger partial charge in [0.25, 0.3) is 0 Å². The van der Waals surface area contributed by atoms with E-state index < -0.39 is 0 Å². The van der Waals surface area contributed by atoms with Crippen molar-refractivity contribution in [1.29, 1.82) is 0 Å². The van der Waals surface area contributed by atoms with E-state index in [4.69, 9.17) is 4.74 Å². The number of hydrogen-bond acceptors (Lipinski definition) is 3. The van der Waals surface area contributed by atoms with Gasteiger partial charge in [-0.25, -0.2) is 0 Å². The molecule has 2 fully saturated rings. The second-order valence-corrected chi connectivity index (χ2v) is 5.91. The lowest BCUT2D eigenvalue weighted by atomic mass is 9.88. The first-order chi connectivity index (χ1) is 9.63. The van der Waals surface area contributed by atoms with Crippen molar-refractivity contribution >= 4 is 11.8 Å². The smallest absolute Gasteiger partial charge is 0.224 e. The molecule has 2 heterocycles. The highest BCUT2D eigenvalue weighted by atomic mass is 16.5. The van der Waals surface area contributed by atoms with Crippen molar-refractivity contribution in [1.82, 2.24) is 9.80 Å². The van der Waals surface area contributed by atoms with Crippen molar-refractivity contribution in [2.75, 3.05) is 33.4 Å². The van der Waals surface area contributed by atoms with Gasteiger partial charge in [0.05, 0.1) is 13.0 Å². The first-order valence-corrected chi connectivity index (χ1v) is 7.67. The van der Waals surface area contributed by atoms with Crippen LogP contribution in [0, 0.1) is 5.92 Å². The van der Waals surface area contributed by atoms with Gasteiger partial charge in [-0.05, 0) is 25.2 Å². The molecule has 0 aliphatic carbocycles. The van der Waals surface area contributed by atoms with Gasteiger partial charge in [0.15, 0.2) is 0 Å². The summed E-state index contributed by atoms with van der Waals surface area (Å²) in [6, 6.07) is 0.335. The molecule has 2 atom stereocenters. The molecule has 0 spiro atoms. The van der Waals surface area contributed by atoms with Gasteiger partial charge in [0.2, 0.25) is 11.8 Å². The third kappa shape index (κ3) is 3.51. The van der Waals surface area contributed by atoms with Gasteiger partial charge in [0.1, 0.15) is 0 Å². The third-order valence-electron chi connectivity index (χ3n) is 4.60. The molecule has 0 radical (unpaired) electrons. The highest BCUT2D eigenvalue weighted by Crippen LogP contribution is 2.30. The van der Waals surface area contributed by atoms with Gasteiger partial charge in [0, 0.05) is 39.7 Å². The predicted molar refractivity (Wildman–Crippen MR) is 76.2 cm³/mol. The van der Waals surface area contributed by atoms with Crippen LogP contribution in [-0.2, 0) is 14.3 Å². The molecule has 5 heteroatoms. The third-order valence-corrected chi connectivity index (χ3v) is 4.60. The Morgan fingerprint density at radius 1 is 1.20 bits per heavy atom. The Hall–Kier alpha value is -1.10. The molecule has 2 aliphatic rings. The lowest BCUT2D eigenvalue weighted by Crippen LogP contribution is -2.53. The molecule has 0 aromatic carbocycles. The van der Waals surface area contributed by atoms with Crippen LogP contribution in [0.5, 0.6) is 0 Å². The van der Waals surface area contributed by atoms with E-state index >= 15 is 0 Å². The van der Waals surface area contributed by atoms with Crippen molar-refractivity contribution in [2.24, 2.45) is 5.92 Å². The van der Waals surface area contributed by atoms with Crippen LogP contribution in [0.4, 0.5) is 0 Å². The van der Waals surface area contributed by atoms with E-state index in [0.29, 0.717) is 25.0 Å². The molecule has 2 rings (SSSR count). The van der Waals surface area contributed by atoms with E-state index in [2.05, 4.69) is 0 Å². The molecule has 2 saturated heterocycles. The Balaban J connectivity index is 1.98. The number of piperidine rings is 1. The maximum absolute atomic E-state index is 12.1. The number of ether oxygens (including phenoxy) is 1. The minimum atomic E-state index is 0.182. The van der Waals surface area contributed by atoms with Crippen LogP contribution >= 0.6 is 0 Å². The molecule has 2 aliphatic heterocycles. The van der Waals surface area contributed by atoms with E-state index in [-0.39, 0.29) is 11.8 Å². The van der Waals surface area contributed by atoms with Gasteiger partial charge < -0.3 is 14.5 Å². The molecule has 114 valence electrons. The average molecular weight is 282 g/mol. The van der Waals surface area contributed by atoms with Crippen LogP contribution in [0.2, 0.25) is 0 Å². The molecular formula is C15H26N2O3. The number of carbonyl (C=O) groups excluding carboxylic acids is 2. The van der Waals surface area contributed by atoms with Crippen molar-refractivity contribution in [2.45, 2.75) is 45.1 Å². The largest absolute Gasteiger partial charge is 0.384 e. The Bertz CT molecular complexity index is 359. The number of hydrogen-bond donors (Lipinski definition) is 0. The van der Waals surface area contributed by atoms with Crippen LogP contribution in [0.25, 0.3) is 0 Å². The first kappa shape index (κ1) is 15.3. The zero-order valence-electron chi connectivity index (χ0n) is 12.6. The lowest BCUT2D eigenvalue weighted by molar-refractivity contribution is -0.138. The number of fused-ring (bicyclic) bond motifs is 1. The molecule has 0 saturated carbocycles. The summed E-state index contributed by atoms with van der Waals surface area (Å²) in [5.41, 5.74) is 0. The van der Waals surface area contributed by atoms with E-state index in [1.807, 2.05) is 9.80 Å². The highest BCUT2D eigenvalue weighted by molar-refractivity contribution is 5.76. The maximum Gasteiger partial charge on any atom is 0.224 e. The number of likely N-dealkylation sites (tertiary alicyclic amines) is 2. The second-order valence-electron chi connectivity index (χ2n) is 5.91. The highest BCUT2D eigenvalue weighted by Gasteiger charge is 2.36. The zero-order chi connectivity index (χ0) is 14.5. The summed E-state index contributed by atoms with van der Waals surface area (Å²) >= 11 is 0. The zero-order valence-corrected chi connectivity index (χ0v) is 12.6. The van der Waals surface area contributed by atoms with Crippen LogP contribution in [0.1, 0.15) is 39.0 Å². The minimum Gasteiger partial charge on any atom is -0.384 e. The van der Waals surface area contributed by atoms with E-state index in [1.165, 1.54) is 0 Å². The van der Waals surface area contributed by atoms with E-state index in [1.54, 1.807) is 14.0 Å². The Labute approximate surface area is 121 Å². The number of nitrogens with zero attached hydrogens (tertiary/aromatic N) is 2. The summed E-state index contributed by atoms with van der Waals surface area (Å²) < 4.78 is 4.98. The maximum atomic E-state index is 12.1. The average Bonchev–Trinajstić information content (AvgIpc) is 2.66. The predicted octanol–water partition coefficient (Wildman–Crippen LogP) is 1.27. The standard InChI is InChI=1S/C15H26N2O3/c1-12(18)17-8-4-3-5-13-11-16(9-6-14(13)17)15(19)7-10-20-2/h13-14H,3-11H2,1-2H3/t13-,14+/m0/s1. The Morgan fingerprint density at radius 3 is 2.70 bits per heavy atom. The molecule has 5 nitrogen and oxygen atoms in total. The van der Waals surface area contributed by atoms with Gasteiger partial charge in [-0.2, -0.15) is 0 Å². The van der Waals surface area contributed by atoms with Gasteiger partial charge in [-0.1, -0.05) is 6.42 Å². The Morgan fingerprint density at radius 2 is 2.00 bits per heavy atom. The molecule has 0 N–H and O–H groups in total. The van der Waals surface area contributed by atoms with Crippen LogP contribution < -0.4 is 0 Å². The second kappa shape index (κ2) is 7.07. The SMILES string of the molecule is COCCC(=O)N1CC[C@@H]2[C@@H](CCCCN2C(C)=O)C1. The quantitative estimate of drug-likeness (QED) is 0.783. The van der Waals surface area contributed by atoms with Crippen LogP contribution in [0.3, 0.4) is 0 Å². The molecule has 2 amide bonds. The van der Waals surface area contributed by atoms with Gasteiger partial charge in [-0.3, -0.25) is 9.59 Å². The van der Waals surface area contributed by atoms with Crippen molar-refractivity contribution in [3.63, 3.8) is 0 Å². The fourth-order valence-corrected chi connectivity index (χ4v) is 3.53. The number of amides is 2. The van der Waals surface area contributed by atoms with Crippen molar-refractivity contribution in [3.05, 3.63) is 0 Å². The normalized spacial score (nSPS) is 26.9. The topological polar surface area (TPSA) is 49.9 Å². The molecule has 0 unspecified atom stereocenters. The summed E-state index contributed by atoms with van der Waals surface area (Å²) in [5.74, 6) is 0.812. The van der Waals surface area contributed by atoms with Crippen molar-refractivity contribution in [3.8, 4) is 0 Å². The number of carbonyl (C=O) groups is 2. The summed E-state index contributed by atoms with van der Waals surface area (Å²) in [6.07, 6.45) is 4.75. The molecule has 0 aromatic heterocycles. The van der Waals surface area contributed by atoms with E-state index in [0.717, 1.165) is 45.3 Å². The molecule has 0 aromatic rings. The van der Waals surface area contributed by atoms with Crippen LogP contribution in [-0.4, -0.2) is 61.0 Å². The molecular weight excluding hydrogens is 256 g/mol.